The zero-order valence-corrected chi connectivity index (χ0v) is 13.5. The lowest BCUT2D eigenvalue weighted by Crippen LogP contribution is -2.36. The highest BCUT2D eigenvalue weighted by molar-refractivity contribution is 5.54. The van der Waals surface area contributed by atoms with Crippen LogP contribution in [0.4, 0.5) is 11.5 Å². The summed E-state index contributed by atoms with van der Waals surface area (Å²) in [5, 5.41) is 0. The van der Waals surface area contributed by atoms with Gasteiger partial charge >= 0.3 is 0 Å². The first-order valence-corrected chi connectivity index (χ1v) is 7.89. The van der Waals surface area contributed by atoms with Crippen molar-refractivity contribution in [3.05, 3.63) is 12.1 Å². The van der Waals surface area contributed by atoms with E-state index in [9.17, 15) is 0 Å². The first kappa shape index (κ1) is 15.9. The van der Waals surface area contributed by atoms with Gasteiger partial charge in [-0.05, 0) is 57.5 Å². The summed E-state index contributed by atoms with van der Waals surface area (Å²) >= 11 is 0. The van der Waals surface area contributed by atoms with Gasteiger partial charge in [0.05, 0.1) is 12.3 Å². The van der Waals surface area contributed by atoms with Crippen LogP contribution < -0.4 is 15.4 Å². The van der Waals surface area contributed by atoms with Gasteiger partial charge in [0.15, 0.2) is 0 Å². The summed E-state index contributed by atoms with van der Waals surface area (Å²) in [6.45, 7) is 6.15. The summed E-state index contributed by atoms with van der Waals surface area (Å²) in [6, 6.07) is 3.86. The van der Waals surface area contributed by atoms with E-state index in [0.717, 1.165) is 24.7 Å². The molecule has 2 N–H and O–H groups in total. The Kier molecular flexibility index (Phi) is 5.67. The third-order valence-corrected chi connectivity index (χ3v) is 4.08. The monoisotopic (exact) mass is 292 g/mol. The van der Waals surface area contributed by atoms with Gasteiger partial charge in [-0.1, -0.05) is 6.92 Å². The second-order valence-electron chi connectivity index (χ2n) is 6.04. The minimum absolute atomic E-state index is 0.560. The maximum atomic E-state index is 5.92. The van der Waals surface area contributed by atoms with Crippen LogP contribution in [-0.4, -0.2) is 50.2 Å². The molecule has 1 aromatic rings. The largest absolute Gasteiger partial charge is 0.476 e. The van der Waals surface area contributed by atoms with Crippen molar-refractivity contribution in [3.63, 3.8) is 0 Å². The molecule has 0 amide bonds. The number of ether oxygens (including phenoxy) is 1. The molecule has 5 nitrogen and oxygen atoms in total. The second-order valence-corrected chi connectivity index (χ2v) is 6.04. The fourth-order valence-corrected chi connectivity index (χ4v) is 2.69. The lowest BCUT2D eigenvalue weighted by molar-refractivity contribution is 0.222. The van der Waals surface area contributed by atoms with Crippen LogP contribution in [0.3, 0.4) is 0 Å². The molecule has 2 rings (SSSR count). The summed E-state index contributed by atoms with van der Waals surface area (Å²) in [7, 11) is 4.29. The number of anilines is 2. The molecule has 1 aromatic heterocycles. The average Bonchev–Trinajstić information content (AvgIpc) is 2.48. The summed E-state index contributed by atoms with van der Waals surface area (Å²) in [4.78, 5) is 9.17. The number of nitrogens with zero attached hydrogens (tertiary/aromatic N) is 3. The molecule has 0 aliphatic carbocycles. The summed E-state index contributed by atoms with van der Waals surface area (Å²) < 4.78 is 5.61. The second kappa shape index (κ2) is 7.50. The van der Waals surface area contributed by atoms with Crippen molar-refractivity contribution in [2.45, 2.75) is 26.2 Å². The summed E-state index contributed by atoms with van der Waals surface area (Å²) in [6.07, 6.45) is 3.47. The molecule has 1 aliphatic heterocycles. The van der Waals surface area contributed by atoms with Gasteiger partial charge < -0.3 is 20.3 Å². The quantitative estimate of drug-likeness (QED) is 0.871. The first-order valence-electron chi connectivity index (χ1n) is 7.89. The van der Waals surface area contributed by atoms with Crippen LogP contribution >= 0.6 is 0 Å². The molecule has 5 heteroatoms. The number of piperidine rings is 1. The molecule has 0 bridgehead atoms. The Balaban J connectivity index is 1.96. The van der Waals surface area contributed by atoms with E-state index >= 15 is 0 Å². The van der Waals surface area contributed by atoms with Crippen molar-refractivity contribution in [1.82, 2.24) is 9.88 Å². The maximum Gasteiger partial charge on any atom is 0.239 e. The maximum absolute atomic E-state index is 5.92. The van der Waals surface area contributed by atoms with Gasteiger partial charge in [0.25, 0.3) is 0 Å². The van der Waals surface area contributed by atoms with E-state index in [1.807, 2.05) is 12.1 Å². The van der Waals surface area contributed by atoms with E-state index in [0.29, 0.717) is 18.2 Å². The van der Waals surface area contributed by atoms with Gasteiger partial charge in [0, 0.05) is 13.6 Å². The molecule has 21 heavy (non-hydrogen) atoms. The lowest BCUT2D eigenvalue weighted by atomic mass is 9.97. The van der Waals surface area contributed by atoms with Gasteiger partial charge in [0.2, 0.25) is 5.88 Å². The normalized spacial score (nSPS) is 16.9. The SMILES string of the molecule is CCCOc1nc(N(C)CC2CCN(C)CC2)ccc1N. The minimum atomic E-state index is 0.560. The van der Waals surface area contributed by atoms with Crippen LogP contribution in [0.25, 0.3) is 0 Å². The van der Waals surface area contributed by atoms with Crippen LogP contribution in [0.15, 0.2) is 12.1 Å². The molecule has 0 atom stereocenters. The zero-order chi connectivity index (χ0) is 15.2. The predicted octanol–water partition coefficient (Wildman–Crippen LogP) is 2.23. The Morgan fingerprint density at radius 2 is 2.10 bits per heavy atom. The van der Waals surface area contributed by atoms with Crippen LogP contribution in [0.1, 0.15) is 26.2 Å². The third kappa shape index (κ3) is 4.49. The molecule has 1 fully saturated rings. The zero-order valence-electron chi connectivity index (χ0n) is 13.5. The van der Waals surface area contributed by atoms with E-state index in [4.69, 9.17) is 10.5 Å². The standard InChI is InChI=1S/C16H28N4O/c1-4-11-21-16-14(17)5-6-15(18-16)20(3)12-13-7-9-19(2)10-8-13/h5-6,13H,4,7-12,17H2,1-3H3. The number of aromatic nitrogens is 1. The Morgan fingerprint density at radius 1 is 1.38 bits per heavy atom. The predicted molar refractivity (Wildman–Crippen MR) is 87.9 cm³/mol. The van der Waals surface area contributed by atoms with Crippen molar-refractivity contribution in [2.75, 3.05) is 51.0 Å². The van der Waals surface area contributed by atoms with E-state index in [2.05, 4.69) is 35.8 Å². The van der Waals surface area contributed by atoms with E-state index in [-0.39, 0.29) is 0 Å². The minimum Gasteiger partial charge on any atom is -0.476 e. The Morgan fingerprint density at radius 3 is 2.76 bits per heavy atom. The smallest absolute Gasteiger partial charge is 0.239 e. The Hall–Kier alpha value is -1.49. The highest BCUT2D eigenvalue weighted by Crippen LogP contribution is 2.24. The number of pyridine rings is 1. The first-order chi connectivity index (χ1) is 10.1. The molecule has 0 aromatic carbocycles. The molecule has 1 saturated heterocycles. The van der Waals surface area contributed by atoms with Crippen LogP contribution in [0.2, 0.25) is 0 Å². The highest BCUT2D eigenvalue weighted by atomic mass is 16.5. The fraction of sp³-hybridized carbons (Fsp3) is 0.688. The van der Waals surface area contributed by atoms with Gasteiger partial charge in [-0.3, -0.25) is 0 Å². The summed E-state index contributed by atoms with van der Waals surface area (Å²) in [5.41, 5.74) is 6.53. The van der Waals surface area contributed by atoms with Crippen LogP contribution in [-0.2, 0) is 0 Å². The van der Waals surface area contributed by atoms with Crippen LogP contribution in [0.5, 0.6) is 5.88 Å². The number of likely N-dealkylation sites (tertiary alicyclic amines) is 1. The summed E-state index contributed by atoms with van der Waals surface area (Å²) in [5.74, 6) is 2.24. The number of hydrogen-bond acceptors (Lipinski definition) is 5. The Labute approximate surface area is 128 Å². The average molecular weight is 292 g/mol. The molecule has 1 aliphatic rings. The van der Waals surface area contributed by atoms with Gasteiger partial charge in [-0.15, -0.1) is 0 Å². The number of nitrogen functional groups attached to an aromatic ring is 1. The highest BCUT2D eigenvalue weighted by Gasteiger charge is 2.19. The van der Waals surface area contributed by atoms with Gasteiger partial charge in [-0.25, -0.2) is 0 Å². The van der Waals surface area contributed by atoms with E-state index in [1.54, 1.807) is 0 Å². The van der Waals surface area contributed by atoms with Gasteiger partial charge in [-0.2, -0.15) is 4.98 Å². The van der Waals surface area contributed by atoms with E-state index < -0.39 is 0 Å². The Bertz CT molecular complexity index is 444. The van der Waals surface area contributed by atoms with Crippen molar-refractivity contribution in [1.29, 1.82) is 0 Å². The number of rotatable bonds is 6. The molecule has 2 heterocycles. The molecular formula is C16H28N4O. The molecule has 0 radical (unpaired) electrons. The molecule has 118 valence electrons. The lowest BCUT2D eigenvalue weighted by Gasteiger charge is -2.32. The van der Waals surface area contributed by atoms with Crippen LogP contribution in [0, 0.1) is 5.92 Å². The van der Waals surface area contributed by atoms with Gasteiger partial charge in [0.1, 0.15) is 5.82 Å². The topological polar surface area (TPSA) is 54.6 Å². The van der Waals surface area contributed by atoms with Crippen molar-refractivity contribution in [3.8, 4) is 5.88 Å². The van der Waals surface area contributed by atoms with Crippen molar-refractivity contribution in [2.24, 2.45) is 5.92 Å². The van der Waals surface area contributed by atoms with Crippen molar-refractivity contribution >= 4 is 11.5 Å². The molecule has 0 unspecified atom stereocenters. The fourth-order valence-electron chi connectivity index (χ4n) is 2.69. The number of nitrogens with two attached hydrogens (primary N) is 1. The molecule has 0 spiro atoms. The molecule has 0 saturated carbocycles. The third-order valence-electron chi connectivity index (χ3n) is 4.08. The van der Waals surface area contributed by atoms with Crippen molar-refractivity contribution < 1.29 is 4.74 Å². The van der Waals surface area contributed by atoms with E-state index in [1.165, 1.54) is 25.9 Å². The molecular weight excluding hydrogens is 264 g/mol. The number of hydrogen-bond donors (Lipinski definition) is 1.